The standard InChI is InChI=1S/C13H14FN3O3S/c1-4-21(3,19)17-13(18)10-6-5-9(7-11(10)14)12-15-8(2)20-16-12/h5-7H,4H2,1-3H3. The van der Waals surface area contributed by atoms with E-state index in [4.69, 9.17) is 4.52 Å². The molecule has 0 aliphatic carbocycles. The van der Waals surface area contributed by atoms with Gasteiger partial charge in [0, 0.05) is 24.5 Å². The van der Waals surface area contributed by atoms with E-state index in [0.29, 0.717) is 11.5 Å². The Bertz CT molecular complexity index is 807. The number of halogens is 1. The summed E-state index contributed by atoms with van der Waals surface area (Å²) < 4.78 is 34.2. The molecule has 2 rings (SSSR count). The third-order valence-corrected chi connectivity index (χ3v) is 4.42. The lowest BCUT2D eigenvalue weighted by molar-refractivity contribution is 0.100. The highest BCUT2D eigenvalue weighted by Crippen LogP contribution is 2.20. The lowest BCUT2D eigenvalue weighted by Gasteiger charge is -2.02. The van der Waals surface area contributed by atoms with Crippen LogP contribution in [0.2, 0.25) is 0 Å². The lowest BCUT2D eigenvalue weighted by atomic mass is 10.1. The highest BCUT2D eigenvalue weighted by atomic mass is 32.2. The van der Waals surface area contributed by atoms with Crippen molar-refractivity contribution in [3.05, 3.63) is 35.5 Å². The van der Waals surface area contributed by atoms with Crippen molar-refractivity contribution in [1.82, 2.24) is 10.1 Å². The van der Waals surface area contributed by atoms with Crippen molar-refractivity contribution in [3.8, 4) is 11.4 Å². The van der Waals surface area contributed by atoms with Gasteiger partial charge in [0.1, 0.15) is 5.82 Å². The van der Waals surface area contributed by atoms with Crippen molar-refractivity contribution in [2.45, 2.75) is 13.8 Å². The number of amides is 1. The second-order valence-electron chi connectivity index (χ2n) is 4.48. The van der Waals surface area contributed by atoms with Crippen LogP contribution in [0.15, 0.2) is 27.1 Å². The fourth-order valence-electron chi connectivity index (χ4n) is 1.53. The molecule has 6 nitrogen and oxygen atoms in total. The van der Waals surface area contributed by atoms with Crippen LogP contribution in [-0.4, -0.2) is 32.3 Å². The van der Waals surface area contributed by atoms with Crippen LogP contribution in [-0.2, 0) is 9.73 Å². The Kier molecular flexibility index (Phi) is 4.17. The number of hydrogen-bond donors (Lipinski definition) is 0. The van der Waals surface area contributed by atoms with Crippen LogP contribution in [0.3, 0.4) is 0 Å². The minimum Gasteiger partial charge on any atom is -0.339 e. The van der Waals surface area contributed by atoms with E-state index in [0.717, 1.165) is 6.07 Å². The van der Waals surface area contributed by atoms with Gasteiger partial charge in [0.05, 0.1) is 15.3 Å². The summed E-state index contributed by atoms with van der Waals surface area (Å²) in [6.07, 6.45) is 1.36. The Morgan fingerprint density at radius 2 is 2.19 bits per heavy atom. The van der Waals surface area contributed by atoms with Crippen LogP contribution in [0, 0.1) is 12.7 Å². The van der Waals surface area contributed by atoms with E-state index in [9.17, 15) is 13.4 Å². The molecular weight excluding hydrogens is 297 g/mol. The zero-order valence-electron chi connectivity index (χ0n) is 11.8. The van der Waals surface area contributed by atoms with Gasteiger partial charge in [0.2, 0.25) is 11.7 Å². The fourth-order valence-corrected chi connectivity index (χ4v) is 2.11. The first-order valence-corrected chi connectivity index (χ1v) is 8.26. The summed E-state index contributed by atoms with van der Waals surface area (Å²) in [5.74, 6) is -0.794. The van der Waals surface area contributed by atoms with Gasteiger partial charge in [0.15, 0.2) is 0 Å². The van der Waals surface area contributed by atoms with Crippen LogP contribution < -0.4 is 0 Å². The molecule has 21 heavy (non-hydrogen) atoms. The summed E-state index contributed by atoms with van der Waals surface area (Å²) in [4.78, 5) is 15.8. The van der Waals surface area contributed by atoms with Crippen molar-refractivity contribution < 1.29 is 17.9 Å². The van der Waals surface area contributed by atoms with E-state index in [2.05, 4.69) is 14.5 Å². The molecule has 0 radical (unpaired) electrons. The molecular formula is C13H14FN3O3S. The number of rotatable bonds is 3. The largest absolute Gasteiger partial charge is 0.339 e. The summed E-state index contributed by atoms with van der Waals surface area (Å²) in [7, 11) is -2.62. The smallest absolute Gasteiger partial charge is 0.288 e. The van der Waals surface area contributed by atoms with E-state index in [1.54, 1.807) is 13.8 Å². The highest BCUT2D eigenvalue weighted by molar-refractivity contribution is 7.93. The second kappa shape index (κ2) is 5.72. The number of carbonyl (C=O) groups is 1. The summed E-state index contributed by atoms with van der Waals surface area (Å²) >= 11 is 0. The van der Waals surface area contributed by atoms with Crippen molar-refractivity contribution in [2.24, 2.45) is 4.36 Å². The highest BCUT2D eigenvalue weighted by Gasteiger charge is 2.15. The molecule has 1 amide bonds. The second-order valence-corrected chi connectivity index (χ2v) is 7.15. The molecule has 1 atom stereocenters. The molecule has 0 fully saturated rings. The molecule has 0 saturated carbocycles. The van der Waals surface area contributed by atoms with E-state index in [1.165, 1.54) is 18.4 Å². The molecule has 1 aromatic carbocycles. The Morgan fingerprint density at radius 1 is 1.48 bits per heavy atom. The third-order valence-electron chi connectivity index (χ3n) is 2.80. The number of hydrogen-bond acceptors (Lipinski definition) is 5. The van der Waals surface area contributed by atoms with E-state index in [-0.39, 0.29) is 17.1 Å². The van der Waals surface area contributed by atoms with Crippen molar-refractivity contribution in [1.29, 1.82) is 0 Å². The van der Waals surface area contributed by atoms with Gasteiger partial charge in [0.25, 0.3) is 5.91 Å². The molecule has 0 aliphatic rings. The molecule has 1 heterocycles. The number of benzene rings is 1. The lowest BCUT2D eigenvalue weighted by Crippen LogP contribution is -2.06. The fraction of sp³-hybridized carbons (Fsp3) is 0.308. The number of aryl methyl sites for hydroxylation is 1. The minimum atomic E-state index is -2.62. The summed E-state index contributed by atoms with van der Waals surface area (Å²) in [6.45, 7) is 3.27. The van der Waals surface area contributed by atoms with E-state index in [1.807, 2.05) is 0 Å². The monoisotopic (exact) mass is 311 g/mol. The Morgan fingerprint density at radius 3 is 2.71 bits per heavy atom. The van der Waals surface area contributed by atoms with Crippen LogP contribution in [0.1, 0.15) is 23.2 Å². The van der Waals surface area contributed by atoms with Crippen LogP contribution in [0.25, 0.3) is 11.4 Å². The zero-order valence-corrected chi connectivity index (χ0v) is 12.6. The number of nitrogens with zero attached hydrogens (tertiary/aromatic N) is 3. The third kappa shape index (κ3) is 3.52. The maximum Gasteiger partial charge on any atom is 0.288 e. The van der Waals surface area contributed by atoms with Crippen LogP contribution in [0.4, 0.5) is 4.39 Å². The van der Waals surface area contributed by atoms with Gasteiger partial charge >= 0.3 is 0 Å². The van der Waals surface area contributed by atoms with Gasteiger partial charge in [-0.25, -0.2) is 8.60 Å². The molecule has 2 aromatic rings. The first-order chi connectivity index (χ1) is 9.82. The molecule has 0 bridgehead atoms. The summed E-state index contributed by atoms with van der Waals surface area (Å²) in [5.41, 5.74) is 0.149. The van der Waals surface area contributed by atoms with Crippen molar-refractivity contribution >= 4 is 15.6 Å². The molecule has 0 saturated heterocycles. The quantitative estimate of drug-likeness (QED) is 0.869. The molecule has 0 spiro atoms. The van der Waals surface area contributed by atoms with Gasteiger partial charge in [-0.3, -0.25) is 4.79 Å². The average Bonchev–Trinajstić information content (AvgIpc) is 2.84. The first-order valence-electron chi connectivity index (χ1n) is 6.17. The predicted octanol–water partition coefficient (Wildman–Crippen LogP) is 2.44. The normalized spacial score (nSPS) is 13.7. The zero-order chi connectivity index (χ0) is 15.6. The van der Waals surface area contributed by atoms with Gasteiger partial charge in [-0.15, -0.1) is 0 Å². The van der Waals surface area contributed by atoms with Gasteiger partial charge in [-0.05, 0) is 12.1 Å². The maximum atomic E-state index is 14.0. The molecule has 1 unspecified atom stereocenters. The maximum absolute atomic E-state index is 14.0. The Labute approximate surface area is 121 Å². The van der Waals surface area contributed by atoms with Crippen molar-refractivity contribution in [3.63, 3.8) is 0 Å². The molecule has 112 valence electrons. The Balaban J connectivity index is 2.39. The number of carbonyl (C=O) groups excluding carboxylic acids is 1. The average molecular weight is 311 g/mol. The molecule has 8 heteroatoms. The predicted molar refractivity (Wildman–Crippen MR) is 75.8 cm³/mol. The van der Waals surface area contributed by atoms with Gasteiger partial charge < -0.3 is 4.52 Å². The van der Waals surface area contributed by atoms with Crippen molar-refractivity contribution in [2.75, 3.05) is 12.0 Å². The summed E-state index contributed by atoms with van der Waals surface area (Å²) in [5, 5.41) is 3.67. The van der Waals surface area contributed by atoms with E-state index < -0.39 is 21.5 Å². The van der Waals surface area contributed by atoms with E-state index >= 15 is 0 Å². The molecule has 0 aliphatic heterocycles. The Hall–Kier alpha value is -2.09. The minimum absolute atomic E-state index is 0.223. The van der Waals surface area contributed by atoms with Crippen LogP contribution in [0.5, 0.6) is 0 Å². The molecule has 1 aromatic heterocycles. The topological polar surface area (TPSA) is 85.4 Å². The summed E-state index contributed by atoms with van der Waals surface area (Å²) in [6, 6.07) is 3.88. The van der Waals surface area contributed by atoms with Gasteiger partial charge in [-0.1, -0.05) is 18.1 Å². The number of aromatic nitrogens is 2. The SMILES string of the molecule is CCS(C)(=O)=NC(=O)c1ccc(-c2noc(C)n2)cc1F. The first kappa shape index (κ1) is 15.3. The molecule has 0 N–H and O–H groups in total. The van der Waals surface area contributed by atoms with Crippen LogP contribution >= 0.6 is 0 Å². The van der Waals surface area contributed by atoms with Gasteiger partial charge in [-0.2, -0.15) is 9.35 Å².